The molecule has 0 amide bonds. The van der Waals surface area contributed by atoms with E-state index in [1.807, 2.05) is 55.5 Å². The van der Waals surface area contributed by atoms with Crippen molar-refractivity contribution in [1.29, 1.82) is 0 Å². The number of carbonyl (C=O) groups is 1. The predicted molar refractivity (Wildman–Crippen MR) is 66.9 cm³/mol. The summed E-state index contributed by atoms with van der Waals surface area (Å²) in [6.07, 6.45) is 0. The van der Waals surface area contributed by atoms with Crippen LogP contribution in [0.1, 0.15) is 18.4 Å². The van der Waals surface area contributed by atoms with Gasteiger partial charge in [0.2, 0.25) is 0 Å². The van der Waals surface area contributed by atoms with Gasteiger partial charge in [-0.1, -0.05) is 48.5 Å². The summed E-state index contributed by atoms with van der Waals surface area (Å²) in [5, 5.41) is 0. The first-order valence-corrected chi connectivity index (χ1v) is 5.59. The minimum Gasteiger partial charge on any atom is -0.426 e. The summed E-state index contributed by atoms with van der Waals surface area (Å²) in [6, 6.07) is 18.7. The van der Waals surface area contributed by atoms with E-state index in [9.17, 15) is 4.79 Å². The molecular weight excluding hydrogens is 212 g/mol. The number of para-hydroxylation sites is 1. The van der Waals surface area contributed by atoms with Gasteiger partial charge in [0, 0.05) is 0 Å². The Balaban J connectivity index is 2.06. The molecule has 0 heterocycles. The fourth-order valence-corrected chi connectivity index (χ4v) is 1.57. The number of benzene rings is 2. The first kappa shape index (κ1) is 11.4. The van der Waals surface area contributed by atoms with Gasteiger partial charge in [-0.05, 0) is 24.6 Å². The molecule has 0 N–H and O–H groups in total. The van der Waals surface area contributed by atoms with Gasteiger partial charge in [-0.2, -0.15) is 0 Å². The molecule has 0 aromatic heterocycles. The van der Waals surface area contributed by atoms with Crippen LogP contribution in [0.4, 0.5) is 0 Å². The lowest BCUT2D eigenvalue weighted by Crippen LogP contribution is -2.16. The molecule has 17 heavy (non-hydrogen) atoms. The zero-order valence-electron chi connectivity index (χ0n) is 9.67. The topological polar surface area (TPSA) is 26.3 Å². The van der Waals surface area contributed by atoms with E-state index in [1.54, 1.807) is 12.1 Å². The van der Waals surface area contributed by atoms with Gasteiger partial charge in [0.25, 0.3) is 0 Å². The second-order valence-corrected chi connectivity index (χ2v) is 3.87. The van der Waals surface area contributed by atoms with Crippen LogP contribution in [0.25, 0.3) is 0 Å². The maximum Gasteiger partial charge on any atom is 0.318 e. The summed E-state index contributed by atoms with van der Waals surface area (Å²) in [4.78, 5) is 11.9. The van der Waals surface area contributed by atoms with E-state index in [0.717, 1.165) is 5.56 Å². The third-order valence-corrected chi connectivity index (χ3v) is 2.61. The fraction of sp³-hybridized carbons (Fsp3) is 0.133. The van der Waals surface area contributed by atoms with Gasteiger partial charge in [0.1, 0.15) is 5.75 Å². The molecule has 86 valence electrons. The van der Waals surface area contributed by atoms with E-state index in [4.69, 9.17) is 4.74 Å². The molecule has 2 heteroatoms. The van der Waals surface area contributed by atoms with Crippen molar-refractivity contribution in [1.82, 2.24) is 0 Å². The third-order valence-electron chi connectivity index (χ3n) is 2.61. The van der Waals surface area contributed by atoms with E-state index in [1.165, 1.54) is 0 Å². The van der Waals surface area contributed by atoms with Gasteiger partial charge in [0.15, 0.2) is 0 Å². The van der Waals surface area contributed by atoms with Crippen LogP contribution in [0.5, 0.6) is 5.75 Å². The van der Waals surface area contributed by atoms with E-state index in [-0.39, 0.29) is 11.9 Å². The lowest BCUT2D eigenvalue weighted by atomic mass is 10.0. The molecular formula is C15H14O2. The van der Waals surface area contributed by atoms with Gasteiger partial charge in [-0.25, -0.2) is 0 Å². The van der Waals surface area contributed by atoms with Crippen LogP contribution < -0.4 is 4.74 Å². The fourth-order valence-electron chi connectivity index (χ4n) is 1.57. The molecule has 0 unspecified atom stereocenters. The van der Waals surface area contributed by atoms with E-state index in [2.05, 4.69) is 0 Å². The number of carbonyl (C=O) groups excluding carboxylic acids is 1. The first-order valence-electron chi connectivity index (χ1n) is 5.59. The van der Waals surface area contributed by atoms with Crippen LogP contribution in [0, 0.1) is 0 Å². The smallest absolute Gasteiger partial charge is 0.318 e. The molecule has 1 atom stereocenters. The maximum atomic E-state index is 11.9. The molecule has 0 saturated carbocycles. The Kier molecular flexibility index (Phi) is 3.55. The highest BCUT2D eigenvalue weighted by atomic mass is 16.5. The number of hydrogen-bond donors (Lipinski definition) is 0. The molecule has 2 aromatic rings. The minimum atomic E-state index is -0.253. The maximum absolute atomic E-state index is 11.9. The van der Waals surface area contributed by atoms with Crippen molar-refractivity contribution in [2.45, 2.75) is 12.8 Å². The summed E-state index contributed by atoms with van der Waals surface area (Å²) < 4.78 is 5.29. The Morgan fingerprint density at radius 2 is 1.47 bits per heavy atom. The highest BCUT2D eigenvalue weighted by molar-refractivity contribution is 5.79. The number of hydrogen-bond acceptors (Lipinski definition) is 2. The van der Waals surface area contributed by atoms with Gasteiger partial charge in [0.05, 0.1) is 5.92 Å². The average Bonchev–Trinajstić information content (AvgIpc) is 2.40. The zero-order chi connectivity index (χ0) is 12.1. The van der Waals surface area contributed by atoms with Crippen molar-refractivity contribution >= 4 is 5.97 Å². The lowest BCUT2D eigenvalue weighted by molar-refractivity contribution is -0.135. The number of esters is 1. The van der Waals surface area contributed by atoms with Crippen LogP contribution in [-0.4, -0.2) is 5.97 Å². The molecule has 0 aliphatic rings. The van der Waals surface area contributed by atoms with Crippen LogP contribution in [0.15, 0.2) is 60.7 Å². The Morgan fingerprint density at radius 3 is 2.06 bits per heavy atom. The Hall–Kier alpha value is -2.09. The molecule has 0 radical (unpaired) electrons. The van der Waals surface area contributed by atoms with Crippen molar-refractivity contribution in [3.63, 3.8) is 0 Å². The second kappa shape index (κ2) is 5.30. The predicted octanol–water partition coefficient (Wildman–Crippen LogP) is 3.40. The zero-order valence-corrected chi connectivity index (χ0v) is 9.67. The normalized spacial score (nSPS) is 11.8. The van der Waals surface area contributed by atoms with E-state index in [0.29, 0.717) is 5.75 Å². The molecule has 0 bridgehead atoms. The first-order chi connectivity index (χ1) is 8.27. The molecule has 2 rings (SSSR count). The largest absolute Gasteiger partial charge is 0.426 e. The standard InChI is InChI=1S/C15H14O2/c1-12(13-8-4-2-5-9-13)15(16)17-14-10-6-3-7-11-14/h2-12H,1H3/t12-/m0/s1. The minimum absolute atomic E-state index is 0.234. The molecule has 0 saturated heterocycles. The molecule has 2 nitrogen and oxygen atoms in total. The average molecular weight is 226 g/mol. The van der Waals surface area contributed by atoms with Crippen LogP contribution in [-0.2, 0) is 4.79 Å². The summed E-state index contributed by atoms with van der Waals surface area (Å²) >= 11 is 0. The molecule has 0 aliphatic heterocycles. The summed E-state index contributed by atoms with van der Waals surface area (Å²) in [5.74, 6) is 0.0964. The highest BCUT2D eigenvalue weighted by Crippen LogP contribution is 2.18. The third kappa shape index (κ3) is 2.94. The summed E-state index contributed by atoms with van der Waals surface area (Å²) in [6.45, 7) is 1.85. The summed E-state index contributed by atoms with van der Waals surface area (Å²) in [7, 11) is 0. The number of rotatable bonds is 3. The SMILES string of the molecule is C[C@H](C(=O)Oc1ccccc1)c1ccccc1. The molecule has 0 aliphatic carbocycles. The Labute approximate surface area is 101 Å². The van der Waals surface area contributed by atoms with Gasteiger partial charge >= 0.3 is 5.97 Å². The van der Waals surface area contributed by atoms with Crippen molar-refractivity contribution in [2.24, 2.45) is 0 Å². The molecule has 0 fully saturated rings. The quantitative estimate of drug-likeness (QED) is 0.592. The monoisotopic (exact) mass is 226 g/mol. The van der Waals surface area contributed by atoms with Gasteiger partial charge < -0.3 is 4.74 Å². The highest BCUT2D eigenvalue weighted by Gasteiger charge is 2.16. The van der Waals surface area contributed by atoms with Crippen molar-refractivity contribution in [3.8, 4) is 5.75 Å². The van der Waals surface area contributed by atoms with E-state index < -0.39 is 0 Å². The van der Waals surface area contributed by atoms with Gasteiger partial charge in [-0.3, -0.25) is 4.79 Å². The Morgan fingerprint density at radius 1 is 0.941 bits per heavy atom. The van der Waals surface area contributed by atoms with Crippen LogP contribution >= 0.6 is 0 Å². The van der Waals surface area contributed by atoms with Crippen molar-refractivity contribution < 1.29 is 9.53 Å². The van der Waals surface area contributed by atoms with E-state index >= 15 is 0 Å². The van der Waals surface area contributed by atoms with Crippen LogP contribution in [0.3, 0.4) is 0 Å². The van der Waals surface area contributed by atoms with Crippen molar-refractivity contribution in [2.75, 3.05) is 0 Å². The van der Waals surface area contributed by atoms with Gasteiger partial charge in [-0.15, -0.1) is 0 Å². The molecule has 2 aromatic carbocycles. The second-order valence-electron chi connectivity index (χ2n) is 3.87. The molecule has 0 spiro atoms. The summed E-state index contributed by atoms with van der Waals surface area (Å²) in [5.41, 5.74) is 0.966. The lowest BCUT2D eigenvalue weighted by Gasteiger charge is -2.11. The van der Waals surface area contributed by atoms with Crippen LogP contribution in [0.2, 0.25) is 0 Å². The Bertz CT molecular complexity index is 477. The number of ether oxygens (including phenoxy) is 1. The van der Waals surface area contributed by atoms with Crippen molar-refractivity contribution in [3.05, 3.63) is 66.2 Å².